The third-order valence-corrected chi connectivity index (χ3v) is 3.48. The Morgan fingerprint density at radius 2 is 2.12 bits per heavy atom. The number of piperidine rings is 1. The number of rotatable bonds is 2. The van der Waals surface area contributed by atoms with Crippen LogP contribution in [0.5, 0.6) is 0 Å². The fraction of sp³-hybridized carbons (Fsp3) is 0.417. The number of carbonyl (C=O) groups is 1. The highest BCUT2D eigenvalue weighted by Crippen LogP contribution is 2.23. The van der Waals surface area contributed by atoms with Gasteiger partial charge in [0.2, 0.25) is 0 Å². The lowest BCUT2D eigenvalue weighted by Gasteiger charge is -2.32. The molecule has 1 aliphatic heterocycles. The predicted octanol–water partition coefficient (Wildman–Crippen LogP) is 2.69. The fourth-order valence-electron chi connectivity index (χ4n) is 2.13. The van der Waals surface area contributed by atoms with E-state index in [1.807, 2.05) is 24.3 Å². The molecule has 92 valence electrons. The Balaban J connectivity index is 2.21. The van der Waals surface area contributed by atoms with Gasteiger partial charge in [0.15, 0.2) is 0 Å². The molecule has 1 aliphatic rings. The summed E-state index contributed by atoms with van der Waals surface area (Å²) >= 11 is 3.35. The number of carboxylic acid groups (broad SMARTS) is 1. The van der Waals surface area contributed by atoms with Crippen LogP contribution in [0.15, 0.2) is 28.7 Å². The molecule has 1 amide bonds. The highest BCUT2D eigenvalue weighted by Gasteiger charge is 2.26. The second kappa shape index (κ2) is 5.51. The first-order chi connectivity index (χ1) is 8.18. The van der Waals surface area contributed by atoms with Crippen molar-refractivity contribution in [3.63, 3.8) is 0 Å². The summed E-state index contributed by atoms with van der Waals surface area (Å²) in [5.41, 5.74) is 0.731. The highest BCUT2D eigenvalue weighted by molar-refractivity contribution is 9.10. The zero-order valence-corrected chi connectivity index (χ0v) is 11.0. The number of nitrogens with zero attached hydrogens (tertiary/aromatic N) is 1. The molecule has 1 aromatic carbocycles. The Bertz CT molecular complexity index is 388. The first-order valence-corrected chi connectivity index (χ1v) is 6.46. The molecule has 17 heavy (non-hydrogen) atoms. The molecule has 2 rings (SSSR count). The van der Waals surface area contributed by atoms with Crippen molar-refractivity contribution in [3.05, 3.63) is 28.7 Å². The van der Waals surface area contributed by atoms with Crippen LogP contribution in [0.25, 0.3) is 0 Å². The van der Waals surface area contributed by atoms with Gasteiger partial charge < -0.3 is 10.4 Å². The molecule has 0 bridgehead atoms. The van der Waals surface area contributed by atoms with Crippen molar-refractivity contribution in [3.8, 4) is 0 Å². The van der Waals surface area contributed by atoms with Crippen molar-refractivity contribution in [1.29, 1.82) is 0 Å². The van der Waals surface area contributed by atoms with Gasteiger partial charge in [-0.2, -0.15) is 0 Å². The molecule has 1 heterocycles. The van der Waals surface area contributed by atoms with Crippen LogP contribution in [0, 0.1) is 0 Å². The minimum absolute atomic E-state index is 0.0300. The summed E-state index contributed by atoms with van der Waals surface area (Å²) in [5.74, 6) is 0. The molecule has 0 saturated carbocycles. The molecule has 4 nitrogen and oxygen atoms in total. The molecule has 2 N–H and O–H groups in total. The number of amides is 1. The molecule has 0 aliphatic carbocycles. The SMILES string of the molecule is O=C(O)N(c1ccc(Br)cc1)C1CCCNC1. The van der Waals surface area contributed by atoms with E-state index in [9.17, 15) is 9.90 Å². The van der Waals surface area contributed by atoms with Crippen molar-refractivity contribution in [2.45, 2.75) is 18.9 Å². The highest BCUT2D eigenvalue weighted by atomic mass is 79.9. The largest absolute Gasteiger partial charge is 0.465 e. The van der Waals surface area contributed by atoms with Gasteiger partial charge in [0, 0.05) is 16.7 Å². The Hall–Kier alpha value is -1.07. The normalized spacial score (nSPS) is 19.9. The second-order valence-electron chi connectivity index (χ2n) is 4.13. The Morgan fingerprint density at radius 3 is 2.65 bits per heavy atom. The van der Waals surface area contributed by atoms with E-state index in [0.717, 1.165) is 36.1 Å². The van der Waals surface area contributed by atoms with E-state index in [2.05, 4.69) is 21.2 Å². The van der Waals surface area contributed by atoms with E-state index >= 15 is 0 Å². The van der Waals surface area contributed by atoms with E-state index in [4.69, 9.17) is 0 Å². The number of halogens is 1. The molecule has 1 fully saturated rings. The van der Waals surface area contributed by atoms with Crippen LogP contribution in [0.3, 0.4) is 0 Å². The number of hydrogen-bond acceptors (Lipinski definition) is 2. The van der Waals surface area contributed by atoms with Gasteiger partial charge in [-0.1, -0.05) is 15.9 Å². The summed E-state index contributed by atoms with van der Waals surface area (Å²) in [4.78, 5) is 12.8. The van der Waals surface area contributed by atoms with Crippen LogP contribution >= 0.6 is 15.9 Å². The molecule has 0 spiro atoms. The molecular formula is C12H15BrN2O2. The van der Waals surface area contributed by atoms with Crippen molar-refractivity contribution < 1.29 is 9.90 Å². The summed E-state index contributed by atoms with van der Waals surface area (Å²) in [5, 5.41) is 12.6. The number of nitrogens with one attached hydrogen (secondary N) is 1. The van der Waals surface area contributed by atoms with Gasteiger partial charge in [0.1, 0.15) is 0 Å². The van der Waals surface area contributed by atoms with Crippen LogP contribution in [0.2, 0.25) is 0 Å². The average Bonchev–Trinajstić information content (AvgIpc) is 2.33. The Kier molecular flexibility index (Phi) is 4.02. The van der Waals surface area contributed by atoms with Crippen LogP contribution in [0.1, 0.15) is 12.8 Å². The van der Waals surface area contributed by atoms with Crippen LogP contribution in [-0.2, 0) is 0 Å². The predicted molar refractivity (Wildman–Crippen MR) is 70.5 cm³/mol. The van der Waals surface area contributed by atoms with Gasteiger partial charge >= 0.3 is 6.09 Å². The topological polar surface area (TPSA) is 52.6 Å². The third-order valence-electron chi connectivity index (χ3n) is 2.95. The van der Waals surface area contributed by atoms with Gasteiger partial charge in [-0.25, -0.2) is 4.79 Å². The van der Waals surface area contributed by atoms with Gasteiger partial charge in [-0.3, -0.25) is 4.90 Å². The van der Waals surface area contributed by atoms with Crippen molar-refractivity contribution in [1.82, 2.24) is 5.32 Å². The lowest BCUT2D eigenvalue weighted by atomic mass is 10.1. The van der Waals surface area contributed by atoms with Crippen molar-refractivity contribution >= 4 is 27.7 Å². The summed E-state index contributed by atoms with van der Waals surface area (Å²) in [6.45, 7) is 1.70. The zero-order valence-electron chi connectivity index (χ0n) is 9.40. The standard InChI is InChI=1S/C12H15BrN2O2/c13-9-3-5-10(6-4-9)15(12(16)17)11-2-1-7-14-8-11/h3-6,11,14H,1-2,7-8H2,(H,16,17). The van der Waals surface area contributed by atoms with Crippen LogP contribution < -0.4 is 10.2 Å². The van der Waals surface area contributed by atoms with Gasteiger partial charge in [-0.15, -0.1) is 0 Å². The van der Waals surface area contributed by atoms with Gasteiger partial charge in [0.05, 0.1) is 6.04 Å². The summed E-state index contributed by atoms with van der Waals surface area (Å²) in [7, 11) is 0. The maximum Gasteiger partial charge on any atom is 0.412 e. The molecular weight excluding hydrogens is 284 g/mol. The van der Waals surface area contributed by atoms with E-state index in [1.165, 1.54) is 4.90 Å². The zero-order chi connectivity index (χ0) is 12.3. The minimum Gasteiger partial charge on any atom is -0.465 e. The van der Waals surface area contributed by atoms with E-state index in [0.29, 0.717) is 0 Å². The minimum atomic E-state index is -0.888. The maximum absolute atomic E-state index is 11.4. The smallest absolute Gasteiger partial charge is 0.412 e. The lowest BCUT2D eigenvalue weighted by molar-refractivity contribution is 0.197. The van der Waals surface area contributed by atoms with E-state index < -0.39 is 6.09 Å². The lowest BCUT2D eigenvalue weighted by Crippen LogP contribution is -2.48. The Labute approximate surface area is 109 Å². The van der Waals surface area contributed by atoms with E-state index in [1.54, 1.807) is 0 Å². The molecule has 1 saturated heterocycles. The first-order valence-electron chi connectivity index (χ1n) is 5.67. The number of anilines is 1. The average molecular weight is 299 g/mol. The summed E-state index contributed by atoms with van der Waals surface area (Å²) in [6, 6.07) is 7.41. The van der Waals surface area contributed by atoms with Crippen LogP contribution in [0.4, 0.5) is 10.5 Å². The Morgan fingerprint density at radius 1 is 1.41 bits per heavy atom. The molecule has 1 atom stereocenters. The third kappa shape index (κ3) is 2.98. The number of hydrogen-bond donors (Lipinski definition) is 2. The molecule has 0 aromatic heterocycles. The van der Waals surface area contributed by atoms with Crippen molar-refractivity contribution in [2.24, 2.45) is 0 Å². The molecule has 5 heteroatoms. The molecule has 0 radical (unpaired) electrons. The summed E-state index contributed by atoms with van der Waals surface area (Å²) < 4.78 is 0.952. The van der Waals surface area contributed by atoms with E-state index in [-0.39, 0.29) is 6.04 Å². The summed E-state index contributed by atoms with van der Waals surface area (Å²) in [6.07, 6.45) is 1.04. The first kappa shape index (κ1) is 12.4. The second-order valence-corrected chi connectivity index (χ2v) is 5.04. The van der Waals surface area contributed by atoms with Gasteiger partial charge in [0.25, 0.3) is 0 Å². The quantitative estimate of drug-likeness (QED) is 0.883. The fourth-order valence-corrected chi connectivity index (χ4v) is 2.40. The monoisotopic (exact) mass is 298 g/mol. The maximum atomic E-state index is 11.4. The number of benzene rings is 1. The molecule has 1 unspecified atom stereocenters. The van der Waals surface area contributed by atoms with Crippen LogP contribution in [-0.4, -0.2) is 30.3 Å². The molecule has 1 aromatic rings. The van der Waals surface area contributed by atoms with Gasteiger partial charge in [-0.05, 0) is 43.7 Å². The van der Waals surface area contributed by atoms with Crippen molar-refractivity contribution in [2.75, 3.05) is 18.0 Å².